The number of amides is 2. The van der Waals surface area contributed by atoms with Gasteiger partial charge >= 0.3 is 0 Å². The highest BCUT2D eigenvalue weighted by Crippen LogP contribution is 2.39. The van der Waals surface area contributed by atoms with E-state index in [-0.39, 0.29) is 11.8 Å². The number of nitrogens with one attached hydrogen (secondary N) is 1. The van der Waals surface area contributed by atoms with E-state index in [4.69, 9.17) is 0 Å². The number of hydrogen-bond donors (Lipinski definition) is 1. The molecule has 2 amide bonds. The topological polar surface area (TPSA) is 59.3 Å². The van der Waals surface area contributed by atoms with Crippen molar-refractivity contribution in [1.82, 2.24) is 14.5 Å². The van der Waals surface area contributed by atoms with Crippen molar-refractivity contribution in [2.24, 2.45) is 14.1 Å². The Kier molecular flexibility index (Phi) is 4.05. The molecule has 0 radical (unpaired) electrons. The summed E-state index contributed by atoms with van der Waals surface area (Å²) >= 11 is 0. The maximum Gasteiger partial charge on any atom is 0.259 e. The number of para-hydroxylation sites is 1. The van der Waals surface area contributed by atoms with Crippen molar-refractivity contribution in [1.29, 1.82) is 0 Å². The second-order valence-corrected chi connectivity index (χ2v) is 8.75. The first-order valence-corrected chi connectivity index (χ1v) is 11.0. The second kappa shape index (κ2) is 6.85. The number of rotatable bonds is 3. The van der Waals surface area contributed by atoms with Gasteiger partial charge in [0.15, 0.2) is 0 Å². The average molecular weight is 425 g/mol. The molecule has 2 aliphatic rings. The average Bonchev–Trinajstić information content (AvgIpc) is 3.55. The fraction of sp³-hybridized carbons (Fsp3) is 0.231. The molecule has 2 aliphatic heterocycles. The van der Waals surface area contributed by atoms with Gasteiger partial charge in [0.05, 0.1) is 16.7 Å². The van der Waals surface area contributed by atoms with Crippen LogP contribution in [0.25, 0.3) is 33.0 Å². The summed E-state index contributed by atoms with van der Waals surface area (Å²) < 4.78 is 4.05. The van der Waals surface area contributed by atoms with Gasteiger partial charge in [-0.1, -0.05) is 24.3 Å². The third-order valence-corrected chi connectivity index (χ3v) is 6.81. The van der Waals surface area contributed by atoms with E-state index in [1.807, 2.05) is 59.9 Å². The largest absolute Gasteiger partial charge is 0.371 e. The number of nitrogens with zero attached hydrogens (tertiary/aromatic N) is 3. The van der Waals surface area contributed by atoms with Gasteiger partial charge in [0.25, 0.3) is 11.8 Å². The van der Waals surface area contributed by atoms with Crippen LogP contribution in [-0.4, -0.2) is 34.0 Å². The van der Waals surface area contributed by atoms with Gasteiger partial charge in [0.1, 0.15) is 0 Å². The third-order valence-electron chi connectivity index (χ3n) is 6.81. The highest BCUT2D eigenvalue weighted by atomic mass is 16.2. The van der Waals surface area contributed by atoms with E-state index in [0.717, 1.165) is 46.0 Å². The molecule has 2 aromatic heterocycles. The Morgan fingerprint density at radius 1 is 0.750 bits per heavy atom. The van der Waals surface area contributed by atoms with Crippen LogP contribution in [0.5, 0.6) is 0 Å². The van der Waals surface area contributed by atoms with Crippen LogP contribution in [0.15, 0.2) is 54.9 Å². The van der Waals surface area contributed by atoms with E-state index in [2.05, 4.69) is 28.4 Å². The van der Waals surface area contributed by atoms with Crippen molar-refractivity contribution in [3.05, 3.63) is 66.0 Å². The van der Waals surface area contributed by atoms with Crippen LogP contribution >= 0.6 is 0 Å². The number of benzene rings is 2. The first kappa shape index (κ1) is 18.9. The van der Waals surface area contributed by atoms with Crippen LogP contribution in [0.3, 0.4) is 0 Å². The van der Waals surface area contributed by atoms with Gasteiger partial charge in [-0.15, -0.1) is 0 Å². The summed E-state index contributed by atoms with van der Waals surface area (Å²) in [6, 6.07) is 14.4. The molecule has 32 heavy (non-hydrogen) atoms. The van der Waals surface area contributed by atoms with E-state index >= 15 is 0 Å². The zero-order valence-corrected chi connectivity index (χ0v) is 18.2. The van der Waals surface area contributed by atoms with Crippen molar-refractivity contribution < 1.29 is 9.59 Å². The van der Waals surface area contributed by atoms with Crippen LogP contribution in [0, 0.1) is 0 Å². The normalized spacial score (nSPS) is 16.8. The fourth-order valence-electron chi connectivity index (χ4n) is 5.25. The van der Waals surface area contributed by atoms with Gasteiger partial charge < -0.3 is 14.0 Å². The Morgan fingerprint density at radius 3 is 2.03 bits per heavy atom. The molecule has 0 spiro atoms. The molecule has 0 unspecified atom stereocenters. The summed E-state index contributed by atoms with van der Waals surface area (Å²) in [5, 5.41) is 4.48. The smallest absolute Gasteiger partial charge is 0.259 e. The van der Waals surface area contributed by atoms with Gasteiger partial charge in [-0.3, -0.25) is 14.9 Å². The first-order valence-electron chi connectivity index (χ1n) is 11.0. The molecule has 0 atom stereocenters. The van der Waals surface area contributed by atoms with Crippen molar-refractivity contribution in [3.63, 3.8) is 0 Å². The Bertz CT molecular complexity index is 1460. The van der Waals surface area contributed by atoms with Crippen LogP contribution < -0.4 is 10.2 Å². The Morgan fingerprint density at radius 2 is 1.34 bits per heavy atom. The quantitative estimate of drug-likeness (QED) is 0.509. The molecular formula is C26H24N4O2. The molecule has 2 aromatic carbocycles. The maximum absolute atomic E-state index is 13.0. The molecule has 6 heteroatoms. The Labute approximate surface area is 185 Å². The van der Waals surface area contributed by atoms with Crippen molar-refractivity contribution in [2.45, 2.75) is 12.8 Å². The second-order valence-electron chi connectivity index (χ2n) is 8.75. The van der Waals surface area contributed by atoms with Crippen LogP contribution in [0.2, 0.25) is 0 Å². The molecule has 1 N–H and O–H groups in total. The lowest BCUT2D eigenvalue weighted by Gasteiger charge is -2.17. The predicted molar refractivity (Wildman–Crippen MR) is 127 cm³/mol. The van der Waals surface area contributed by atoms with Gasteiger partial charge in [0.2, 0.25) is 0 Å². The zero-order chi connectivity index (χ0) is 22.0. The number of carbonyl (C=O) groups excluding carboxylic acids is 2. The summed E-state index contributed by atoms with van der Waals surface area (Å²) in [6.07, 6.45) is 6.35. The number of imide groups is 1. The minimum Gasteiger partial charge on any atom is -0.371 e. The van der Waals surface area contributed by atoms with Crippen LogP contribution in [0.1, 0.15) is 24.0 Å². The number of aryl methyl sites for hydroxylation is 2. The summed E-state index contributed by atoms with van der Waals surface area (Å²) in [5.41, 5.74) is 5.76. The van der Waals surface area contributed by atoms with E-state index in [0.29, 0.717) is 11.1 Å². The molecule has 4 heterocycles. The summed E-state index contributed by atoms with van der Waals surface area (Å²) in [7, 11) is 3.95. The minimum absolute atomic E-state index is 0.339. The highest BCUT2D eigenvalue weighted by molar-refractivity contribution is 6.50. The van der Waals surface area contributed by atoms with Gasteiger partial charge in [-0.05, 0) is 31.0 Å². The Balaban J connectivity index is 1.59. The van der Waals surface area contributed by atoms with Gasteiger partial charge in [-0.25, -0.2) is 0 Å². The van der Waals surface area contributed by atoms with E-state index < -0.39 is 0 Å². The molecule has 4 aromatic rings. The summed E-state index contributed by atoms with van der Waals surface area (Å²) in [5.74, 6) is -0.680. The summed E-state index contributed by atoms with van der Waals surface area (Å²) in [6.45, 7) is 2.16. The summed E-state index contributed by atoms with van der Waals surface area (Å²) in [4.78, 5) is 28.4. The molecule has 0 bridgehead atoms. The number of carbonyl (C=O) groups is 2. The molecule has 1 saturated heterocycles. The molecule has 6 nitrogen and oxygen atoms in total. The fourth-order valence-corrected chi connectivity index (χ4v) is 5.25. The monoisotopic (exact) mass is 424 g/mol. The van der Waals surface area contributed by atoms with Crippen molar-refractivity contribution in [2.75, 3.05) is 18.0 Å². The minimum atomic E-state index is -0.341. The molecule has 0 aliphatic carbocycles. The number of anilines is 1. The number of aromatic nitrogens is 2. The maximum atomic E-state index is 13.0. The van der Waals surface area contributed by atoms with Crippen molar-refractivity contribution in [3.8, 4) is 0 Å². The van der Waals surface area contributed by atoms with Crippen molar-refractivity contribution >= 4 is 50.5 Å². The molecule has 0 saturated carbocycles. The first-order chi connectivity index (χ1) is 15.5. The SMILES string of the molecule is Cn1cc(C2=C(c3cn(C)c4cc(N5CCCC5)ccc34)C(=O)NC2=O)c2ccccc21. The number of fused-ring (bicyclic) bond motifs is 2. The van der Waals surface area contributed by atoms with E-state index in [1.54, 1.807) is 0 Å². The predicted octanol–water partition coefficient (Wildman–Crippen LogP) is 3.84. The Hall–Kier alpha value is -3.80. The number of hydrogen-bond acceptors (Lipinski definition) is 3. The van der Waals surface area contributed by atoms with Gasteiger partial charge in [0, 0.05) is 72.7 Å². The van der Waals surface area contributed by atoms with E-state index in [1.165, 1.54) is 18.5 Å². The lowest BCUT2D eigenvalue weighted by molar-refractivity contribution is -0.122. The third kappa shape index (κ3) is 2.65. The van der Waals surface area contributed by atoms with Gasteiger partial charge in [-0.2, -0.15) is 0 Å². The highest BCUT2D eigenvalue weighted by Gasteiger charge is 2.35. The molecular weight excluding hydrogens is 400 g/mol. The lowest BCUT2D eigenvalue weighted by Crippen LogP contribution is -2.22. The van der Waals surface area contributed by atoms with Crippen LogP contribution in [-0.2, 0) is 23.7 Å². The lowest BCUT2D eigenvalue weighted by atomic mass is 9.95. The molecule has 6 rings (SSSR count). The zero-order valence-electron chi connectivity index (χ0n) is 18.2. The van der Waals surface area contributed by atoms with Crippen LogP contribution in [0.4, 0.5) is 5.69 Å². The molecule has 160 valence electrons. The molecule has 1 fully saturated rings. The standard InChI is InChI=1S/C26H24N4O2/c1-28-14-19(17-7-3-4-8-21(17)28)23-24(26(32)27-25(23)31)20-15-29(2)22-13-16(9-10-18(20)22)30-11-5-6-12-30/h3-4,7-10,13-15H,5-6,11-12H2,1-2H3,(H,27,31,32). The van der Waals surface area contributed by atoms with E-state index in [9.17, 15) is 9.59 Å².